The molecule has 7 heteroatoms. The number of pyridine rings is 3. The van der Waals surface area contributed by atoms with Crippen LogP contribution in [-0.2, 0) is 4.79 Å². The Hall–Kier alpha value is -4.29. The van der Waals surface area contributed by atoms with E-state index in [0.717, 1.165) is 38.8 Å². The number of carbonyl (C=O) groups excluding carboxylic acids is 1. The fourth-order valence-electron chi connectivity index (χ4n) is 4.20. The first kappa shape index (κ1) is 22.5. The van der Waals surface area contributed by atoms with E-state index in [2.05, 4.69) is 33.5 Å². The minimum Gasteiger partial charge on any atom is -0.325 e. The first-order valence-electron chi connectivity index (χ1n) is 11.1. The number of rotatable bonds is 5. The van der Waals surface area contributed by atoms with Crippen molar-refractivity contribution < 1.29 is 4.79 Å². The van der Waals surface area contributed by atoms with Gasteiger partial charge in [-0.3, -0.25) is 9.78 Å². The third-order valence-corrected chi connectivity index (χ3v) is 5.98. The van der Waals surface area contributed by atoms with E-state index in [1.54, 1.807) is 18.6 Å². The van der Waals surface area contributed by atoms with Crippen molar-refractivity contribution in [1.29, 1.82) is 0 Å². The summed E-state index contributed by atoms with van der Waals surface area (Å²) in [6, 6.07) is 23.9. The first-order valence-corrected chi connectivity index (χ1v) is 11.5. The highest BCUT2D eigenvalue weighted by molar-refractivity contribution is 6.34. The topological polar surface area (TPSA) is 71.0 Å². The Balaban J connectivity index is 1.82. The van der Waals surface area contributed by atoms with Gasteiger partial charge < -0.3 is 10.2 Å². The zero-order valence-electron chi connectivity index (χ0n) is 19.2. The largest absolute Gasteiger partial charge is 0.325 e. The summed E-state index contributed by atoms with van der Waals surface area (Å²) < 4.78 is 0. The van der Waals surface area contributed by atoms with Crippen molar-refractivity contribution in [3.63, 3.8) is 0 Å². The molecule has 3 heterocycles. The van der Waals surface area contributed by atoms with Crippen LogP contribution in [0.2, 0.25) is 5.15 Å². The van der Waals surface area contributed by atoms with Gasteiger partial charge in [0.2, 0.25) is 5.91 Å². The van der Waals surface area contributed by atoms with E-state index in [9.17, 15) is 4.79 Å². The summed E-state index contributed by atoms with van der Waals surface area (Å²) in [5, 5.41) is 4.99. The quantitative estimate of drug-likeness (QED) is 0.283. The predicted molar refractivity (Wildman–Crippen MR) is 142 cm³/mol. The number of nitrogens with zero attached hydrogens (tertiary/aromatic N) is 4. The van der Waals surface area contributed by atoms with Crippen LogP contribution < -0.4 is 10.2 Å². The highest BCUT2D eigenvalue weighted by atomic mass is 35.5. The Morgan fingerprint density at radius 3 is 2.49 bits per heavy atom. The molecule has 0 atom stereocenters. The highest BCUT2D eigenvalue weighted by Crippen LogP contribution is 2.43. The molecule has 0 radical (unpaired) electrons. The number of aromatic nitrogens is 3. The van der Waals surface area contributed by atoms with Crippen molar-refractivity contribution >= 4 is 45.6 Å². The lowest BCUT2D eigenvalue weighted by Gasteiger charge is -2.23. The van der Waals surface area contributed by atoms with Gasteiger partial charge in [0.1, 0.15) is 16.8 Å². The zero-order chi connectivity index (χ0) is 24.4. The molecule has 1 amide bonds. The van der Waals surface area contributed by atoms with Crippen molar-refractivity contribution in [2.24, 2.45) is 0 Å². The molecule has 5 aromatic rings. The minimum atomic E-state index is -0.170. The summed E-state index contributed by atoms with van der Waals surface area (Å²) in [6.45, 7) is 1.46. The fourth-order valence-corrected chi connectivity index (χ4v) is 4.49. The minimum absolute atomic E-state index is 0.170. The smallest absolute Gasteiger partial charge is 0.221 e. The van der Waals surface area contributed by atoms with E-state index < -0.39 is 0 Å². The Bertz CT molecular complexity index is 1520. The Labute approximate surface area is 208 Å². The molecule has 0 unspecified atom stereocenters. The van der Waals surface area contributed by atoms with E-state index in [0.29, 0.717) is 16.7 Å². The lowest BCUT2D eigenvalue weighted by atomic mass is 9.94. The molecule has 1 N–H and O–H groups in total. The van der Waals surface area contributed by atoms with Gasteiger partial charge in [0.05, 0.1) is 11.9 Å². The second-order valence-corrected chi connectivity index (χ2v) is 8.44. The van der Waals surface area contributed by atoms with Gasteiger partial charge in [0.15, 0.2) is 0 Å². The molecule has 3 aromatic heterocycles. The van der Waals surface area contributed by atoms with Crippen molar-refractivity contribution in [3.05, 3.63) is 96.5 Å². The molecule has 6 nitrogen and oxygen atoms in total. The second-order valence-electron chi connectivity index (χ2n) is 8.09. The third kappa shape index (κ3) is 4.44. The van der Waals surface area contributed by atoms with Crippen LogP contribution in [0.5, 0.6) is 0 Å². The van der Waals surface area contributed by atoms with E-state index >= 15 is 0 Å². The molecule has 172 valence electrons. The molecule has 0 spiro atoms. The van der Waals surface area contributed by atoms with E-state index in [-0.39, 0.29) is 5.91 Å². The molecule has 2 aromatic carbocycles. The number of hydrogen-bond acceptors (Lipinski definition) is 5. The van der Waals surface area contributed by atoms with Gasteiger partial charge in [-0.15, -0.1) is 0 Å². The van der Waals surface area contributed by atoms with Crippen LogP contribution in [0, 0.1) is 0 Å². The number of anilines is 3. The summed E-state index contributed by atoms with van der Waals surface area (Å²) in [5.74, 6) is 1.27. The standard InChI is InChI=1S/C28H22ClN5O/c1-18(35)32-21-15-20(16-30-17-21)25-23-12-8-11-22(19-9-4-3-5-10-19)26(23)28(33-27(25)29)34(2)24-13-6-7-14-31-24/h3-17H,1-2H3,(H,32,35). The molecule has 5 rings (SSSR count). The van der Waals surface area contributed by atoms with E-state index in [1.807, 2.05) is 66.5 Å². The molecule has 0 bridgehead atoms. The van der Waals surface area contributed by atoms with Crippen molar-refractivity contribution in [2.75, 3.05) is 17.3 Å². The third-order valence-electron chi connectivity index (χ3n) is 5.71. The fraction of sp³-hybridized carbons (Fsp3) is 0.0714. The van der Waals surface area contributed by atoms with Crippen LogP contribution in [-0.4, -0.2) is 27.9 Å². The van der Waals surface area contributed by atoms with Crippen LogP contribution in [0.25, 0.3) is 33.0 Å². The van der Waals surface area contributed by atoms with Crippen LogP contribution in [0.3, 0.4) is 0 Å². The molecule has 0 saturated carbocycles. The number of nitrogens with one attached hydrogen (secondary N) is 1. The molecule has 0 aliphatic rings. The first-order chi connectivity index (χ1) is 17.0. The van der Waals surface area contributed by atoms with Gasteiger partial charge in [-0.1, -0.05) is 66.2 Å². The highest BCUT2D eigenvalue weighted by Gasteiger charge is 2.21. The lowest BCUT2D eigenvalue weighted by Crippen LogP contribution is -2.14. The number of benzene rings is 2. The van der Waals surface area contributed by atoms with Crippen LogP contribution in [0.15, 0.2) is 91.4 Å². The number of amides is 1. The number of carbonyl (C=O) groups is 1. The summed E-state index contributed by atoms with van der Waals surface area (Å²) >= 11 is 6.86. The van der Waals surface area contributed by atoms with Gasteiger partial charge >= 0.3 is 0 Å². The van der Waals surface area contributed by atoms with Gasteiger partial charge in [0.25, 0.3) is 0 Å². The van der Waals surface area contributed by atoms with E-state index in [4.69, 9.17) is 16.6 Å². The van der Waals surface area contributed by atoms with Crippen molar-refractivity contribution in [3.8, 4) is 22.3 Å². The maximum absolute atomic E-state index is 11.6. The summed E-state index contributed by atoms with van der Waals surface area (Å²) in [4.78, 5) is 27.2. The molecule has 0 fully saturated rings. The lowest BCUT2D eigenvalue weighted by molar-refractivity contribution is -0.114. The molecule has 0 aliphatic heterocycles. The Kier molecular flexibility index (Phi) is 6.12. The molecular formula is C28H22ClN5O. The average molecular weight is 480 g/mol. The molecule has 0 saturated heterocycles. The SMILES string of the molecule is CC(=O)Nc1cncc(-c2c(Cl)nc(N(C)c3ccccn3)c3c(-c4ccccc4)cccc23)c1. The predicted octanol–water partition coefficient (Wildman–Crippen LogP) is 6.74. The van der Waals surface area contributed by atoms with Gasteiger partial charge in [-0.25, -0.2) is 9.97 Å². The summed E-state index contributed by atoms with van der Waals surface area (Å²) in [5.41, 5.74) is 4.19. The normalized spacial score (nSPS) is 10.8. The number of fused-ring (bicyclic) bond motifs is 1. The number of halogens is 1. The van der Waals surface area contributed by atoms with Gasteiger partial charge in [-0.05, 0) is 34.7 Å². The van der Waals surface area contributed by atoms with E-state index in [1.165, 1.54) is 6.92 Å². The Morgan fingerprint density at radius 1 is 0.943 bits per heavy atom. The molecule has 35 heavy (non-hydrogen) atoms. The maximum Gasteiger partial charge on any atom is 0.221 e. The number of hydrogen-bond donors (Lipinski definition) is 1. The summed E-state index contributed by atoms with van der Waals surface area (Å²) in [7, 11) is 1.93. The van der Waals surface area contributed by atoms with Crippen molar-refractivity contribution in [1.82, 2.24) is 15.0 Å². The summed E-state index contributed by atoms with van der Waals surface area (Å²) in [6.07, 6.45) is 5.08. The average Bonchev–Trinajstić information content (AvgIpc) is 2.88. The molecular weight excluding hydrogens is 458 g/mol. The van der Waals surface area contributed by atoms with Crippen LogP contribution in [0.4, 0.5) is 17.3 Å². The van der Waals surface area contributed by atoms with Crippen LogP contribution in [0.1, 0.15) is 6.92 Å². The second kappa shape index (κ2) is 9.52. The Morgan fingerprint density at radius 2 is 1.74 bits per heavy atom. The molecule has 0 aliphatic carbocycles. The zero-order valence-corrected chi connectivity index (χ0v) is 20.0. The van der Waals surface area contributed by atoms with Gasteiger partial charge in [-0.2, -0.15) is 0 Å². The van der Waals surface area contributed by atoms with Crippen LogP contribution >= 0.6 is 11.6 Å². The van der Waals surface area contributed by atoms with Gasteiger partial charge in [0, 0.05) is 42.9 Å². The van der Waals surface area contributed by atoms with Crippen molar-refractivity contribution in [2.45, 2.75) is 6.92 Å². The monoisotopic (exact) mass is 479 g/mol. The maximum atomic E-state index is 11.6.